The Bertz CT molecular complexity index is 1320. The highest BCUT2D eigenvalue weighted by molar-refractivity contribution is 5.46. The zero-order chi connectivity index (χ0) is 33.1. The van der Waals surface area contributed by atoms with Gasteiger partial charge in [0, 0.05) is 11.4 Å². The molecule has 0 aliphatic rings. The van der Waals surface area contributed by atoms with Crippen molar-refractivity contribution in [1.29, 1.82) is 0 Å². The van der Waals surface area contributed by atoms with Crippen molar-refractivity contribution in [1.82, 2.24) is 0 Å². The van der Waals surface area contributed by atoms with E-state index in [1.54, 1.807) is 0 Å². The molecule has 47 heavy (non-hydrogen) atoms. The average Bonchev–Trinajstić information content (AvgIpc) is 3.06. The molecule has 0 aliphatic carbocycles. The van der Waals surface area contributed by atoms with Crippen LogP contribution in [0.3, 0.4) is 0 Å². The fourth-order valence-electron chi connectivity index (χ4n) is 6.88. The summed E-state index contributed by atoms with van der Waals surface area (Å²) < 4.78 is 0. The van der Waals surface area contributed by atoms with Gasteiger partial charge >= 0.3 is 0 Å². The molecular formula is C45H62N2. The molecular weight excluding hydrogens is 569 g/mol. The second kappa shape index (κ2) is 20.7. The Morgan fingerprint density at radius 2 is 0.617 bits per heavy atom. The number of anilines is 2. The highest BCUT2D eigenvalue weighted by Crippen LogP contribution is 2.20. The molecule has 0 heterocycles. The first kappa shape index (κ1) is 36.3. The first-order valence-electron chi connectivity index (χ1n) is 18.8. The maximum Gasteiger partial charge on any atom is 0.0316 e. The summed E-state index contributed by atoms with van der Waals surface area (Å²) in [5, 5.41) is 0. The third kappa shape index (κ3) is 14.0. The van der Waals surface area contributed by atoms with Gasteiger partial charge < -0.3 is 11.5 Å². The van der Waals surface area contributed by atoms with E-state index in [0.29, 0.717) is 0 Å². The molecule has 252 valence electrons. The molecule has 4 N–H and O–H groups in total. The summed E-state index contributed by atoms with van der Waals surface area (Å²) in [4.78, 5) is 0. The van der Waals surface area contributed by atoms with Gasteiger partial charge in [0.15, 0.2) is 0 Å². The van der Waals surface area contributed by atoms with Crippen LogP contribution in [-0.4, -0.2) is 0 Å². The van der Waals surface area contributed by atoms with Gasteiger partial charge in [-0.25, -0.2) is 0 Å². The maximum absolute atomic E-state index is 5.90. The van der Waals surface area contributed by atoms with E-state index in [-0.39, 0.29) is 0 Å². The molecule has 0 aliphatic heterocycles. The molecule has 0 aromatic heterocycles. The number of nitrogen functional groups attached to an aromatic ring is 2. The van der Waals surface area contributed by atoms with Crippen molar-refractivity contribution in [3.05, 3.63) is 129 Å². The Kier molecular flexibility index (Phi) is 16.0. The van der Waals surface area contributed by atoms with Crippen LogP contribution in [0.25, 0.3) is 0 Å². The third-order valence-electron chi connectivity index (χ3n) is 10.00. The number of rotatable bonds is 22. The maximum atomic E-state index is 5.90. The fraction of sp³-hybridized carbons (Fsp3) is 0.467. The lowest BCUT2D eigenvalue weighted by Crippen LogP contribution is -1.95. The number of benzene rings is 4. The summed E-state index contributed by atoms with van der Waals surface area (Å²) in [6.07, 6.45) is 25.3. The van der Waals surface area contributed by atoms with E-state index < -0.39 is 0 Å². The van der Waals surface area contributed by atoms with Gasteiger partial charge in [0.2, 0.25) is 0 Å². The number of hydrogen-bond acceptors (Lipinski definition) is 2. The van der Waals surface area contributed by atoms with Crippen LogP contribution >= 0.6 is 0 Å². The predicted molar refractivity (Wildman–Crippen MR) is 206 cm³/mol. The summed E-state index contributed by atoms with van der Waals surface area (Å²) in [5.74, 6) is 0. The monoisotopic (exact) mass is 630 g/mol. The Morgan fingerprint density at radius 1 is 0.340 bits per heavy atom. The first-order valence-corrected chi connectivity index (χ1v) is 18.8. The zero-order valence-corrected chi connectivity index (χ0v) is 29.7. The molecule has 0 saturated carbocycles. The summed E-state index contributed by atoms with van der Waals surface area (Å²) in [5.41, 5.74) is 24.5. The predicted octanol–water partition coefficient (Wildman–Crippen LogP) is 12.3. The molecule has 0 amide bonds. The molecule has 0 spiro atoms. The normalized spacial score (nSPS) is 11.3. The van der Waals surface area contributed by atoms with Crippen LogP contribution in [0.1, 0.15) is 141 Å². The van der Waals surface area contributed by atoms with Crippen molar-refractivity contribution in [3.8, 4) is 0 Å². The van der Waals surface area contributed by atoms with E-state index >= 15 is 0 Å². The van der Waals surface area contributed by atoms with E-state index in [1.807, 2.05) is 12.1 Å². The van der Waals surface area contributed by atoms with E-state index in [1.165, 1.54) is 154 Å². The van der Waals surface area contributed by atoms with E-state index in [9.17, 15) is 0 Å². The molecule has 0 fully saturated rings. The molecule has 0 atom stereocenters. The minimum absolute atomic E-state index is 0.848. The van der Waals surface area contributed by atoms with Gasteiger partial charge in [-0.2, -0.15) is 0 Å². The molecule has 2 heteroatoms. The fourth-order valence-corrected chi connectivity index (χ4v) is 6.88. The van der Waals surface area contributed by atoms with E-state index in [4.69, 9.17) is 11.5 Å². The van der Waals surface area contributed by atoms with Gasteiger partial charge in [0.05, 0.1) is 0 Å². The molecule has 4 aromatic rings. The molecule has 0 bridgehead atoms. The Labute approximate surface area is 287 Å². The second-order valence-corrected chi connectivity index (χ2v) is 14.2. The lowest BCUT2D eigenvalue weighted by atomic mass is 9.98. The van der Waals surface area contributed by atoms with Crippen LogP contribution in [0.5, 0.6) is 0 Å². The molecule has 4 aromatic carbocycles. The number of aryl methyl sites for hydroxylation is 4. The van der Waals surface area contributed by atoms with Crippen molar-refractivity contribution in [2.75, 3.05) is 11.5 Å². The molecule has 2 nitrogen and oxygen atoms in total. The van der Waals surface area contributed by atoms with Crippen molar-refractivity contribution < 1.29 is 0 Å². The van der Waals surface area contributed by atoms with Gasteiger partial charge in [0.1, 0.15) is 0 Å². The quantitative estimate of drug-likeness (QED) is 0.0670. The highest BCUT2D eigenvalue weighted by atomic mass is 14.5. The van der Waals surface area contributed by atoms with Crippen LogP contribution in [0.4, 0.5) is 11.4 Å². The SMILES string of the molecule is Cc1cc(N)ccc1Cc1ccc(CCCCCCCCCCCCCCCCCc2ccc(Cc3ccc(N)cc3C)cc2)cc1. The van der Waals surface area contributed by atoms with Crippen LogP contribution in [0.15, 0.2) is 84.9 Å². The zero-order valence-electron chi connectivity index (χ0n) is 29.7. The summed E-state index contributed by atoms with van der Waals surface area (Å²) >= 11 is 0. The minimum Gasteiger partial charge on any atom is -0.399 e. The largest absolute Gasteiger partial charge is 0.399 e. The van der Waals surface area contributed by atoms with Gasteiger partial charge in [-0.15, -0.1) is 0 Å². The van der Waals surface area contributed by atoms with Crippen LogP contribution in [0.2, 0.25) is 0 Å². The van der Waals surface area contributed by atoms with Crippen molar-refractivity contribution >= 4 is 11.4 Å². The van der Waals surface area contributed by atoms with Gasteiger partial charge in [-0.1, -0.05) is 144 Å². The minimum atomic E-state index is 0.848. The third-order valence-corrected chi connectivity index (χ3v) is 10.00. The van der Waals surface area contributed by atoms with Crippen LogP contribution < -0.4 is 11.5 Å². The van der Waals surface area contributed by atoms with Gasteiger partial charge in [-0.05, 0) is 121 Å². The Hall–Kier alpha value is -3.52. The topological polar surface area (TPSA) is 52.0 Å². The number of unbranched alkanes of at least 4 members (excludes halogenated alkanes) is 14. The van der Waals surface area contributed by atoms with Gasteiger partial charge in [-0.3, -0.25) is 0 Å². The molecule has 0 unspecified atom stereocenters. The molecule has 0 saturated heterocycles. The smallest absolute Gasteiger partial charge is 0.0316 e. The summed E-state index contributed by atoms with van der Waals surface area (Å²) in [6.45, 7) is 4.30. The standard InChI is InChI=1S/C45H62N2/c1-36-32-44(46)30-28-42(36)34-40-24-20-38(21-25-40)18-16-14-12-10-8-6-4-3-5-7-9-11-13-15-17-19-39-22-26-41(27-23-39)35-43-29-31-45(47)33-37(43)2/h20-33H,3-19,34-35,46-47H2,1-2H3. The van der Waals surface area contributed by atoms with Crippen molar-refractivity contribution in [2.45, 2.75) is 136 Å². The Morgan fingerprint density at radius 3 is 0.915 bits per heavy atom. The lowest BCUT2D eigenvalue weighted by Gasteiger charge is -2.08. The molecule has 0 radical (unpaired) electrons. The Balaban J connectivity index is 0.903. The van der Waals surface area contributed by atoms with Crippen molar-refractivity contribution in [3.63, 3.8) is 0 Å². The van der Waals surface area contributed by atoms with Gasteiger partial charge in [0.25, 0.3) is 0 Å². The van der Waals surface area contributed by atoms with Crippen molar-refractivity contribution in [2.24, 2.45) is 0 Å². The van der Waals surface area contributed by atoms with Crippen LogP contribution in [0, 0.1) is 13.8 Å². The molecule has 4 rings (SSSR count). The lowest BCUT2D eigenvalue weighted by molar-refractivity contribution is 0.530. The summed E-state index contributed by atoms with van der Waals surface area (Å²) in [6, 6.07) is 31.0. The highest BCUT2D eigenvalue weighted by Gasteiger charge is 2.04. The number of nitrogens with two attached hydrogens (primary N) is 2. The number of hydrogen-bond donors (Lipinski definition) is 2. The average molecular weight is 631 g/mol. The second-order valence-electron chi connectivity index (χ2n) is 14.2. The van der Waals surface area contributed by atoms with Crippen LogP contribution in [-0.2, 0) is 25.7 Å². The first-order chi connectivity index (χ1) is 23.0. The van der Waals surface area contributed by atoms with E-state index in [0.717, 1.165) is 24.2 Å². The summed E-state index contributed by atoms with van der Waals surface area (Å²) in [7, 11) is 0. The van der Waals surface area contributed by atoms with E-state index in [2.05, 4.69) is 86.6 Å².